The summed E-state index contributed by atoms with van der Waals surface area (Å²) in [6.07, 6.45) is 7.73. The second kappa shape index (κ2) is 9.30. The van der Waals surface area contributed by atoms with Crippen molar-refractivity contribution in [3.63, 3.8) is 0 Å². The number of hydrogen-bond donors (Lipinski definition) is 0. The van der Waals surface area contributed by atoms with Crippen molar-refractivity contribution in [3.05, 3.63) is 42.6 Å². The first-order valence-corrected chi connectivity index (χ1v) is 11.8. The molecular formula is C24H31FN6O. The molecule has 1 amide bonds. The number of halogens is 1. The summed E-state index contributed by atoms with van der Waals surface area (Å²) in [5.41, 5.74) is 2.12. The highest BCUT2D eigenvalue weighted by Gasteiger charge is 2.32. The van der Waals surface area contributed by atoms with Crippen molar-refractivity contribution in [3.8, 4) is 0 Å². The molecule has 170 valence electrons. The van der Waals surface area contributed by atoms with Gasteiger partial charge in [-0.25, -0.2) is 14.4 Å². The lowest BCUT2D eigenvalue weighted by molar-refractivity contribution is -0.136. The highest BCUT2D eigenvalue weighted by molar-refractivity contribution is 5.80. The summed E-state index contributed by atoms with van der Waals surface area (Å²) in [7, 11) is 0. The zero-order valence-corrected chi connectivity index (χ0v) is 18.5. The molecule has 1 aromatic heterocycles. The lowest BCUT2D eigenvalue weighted by Crippen LogP contribution is -2.51. The van der Waals surface area contributed by atoms with Crippen molar-refractivity contribution >= 4 is 23.1 Å². The Morgan fingerprint density at radius 1 is 0.844 bits per heavy atom. The fourth-order valence-corrected chi connectivity index (χ4v) is 5.17. The monoisotopic (exact) mass is 438 g/mol. The van der Waals surface area contributed by atoms with Crippen LogP contribution in [0.4, 0.5) is 21.6 Å². The number of carbonyl (C=O) groups is 1. The molecule has 0 bridgehead atoms. The van der Waals surface area contributed by atoms with Crippen LogP contribution < -0.4 is 14.7 Å². The van der Waals surface area contributed by atoms with Crippen LogP contribution in [0.1, 0.15) is 25.7 Å². The molecule has 0 saturated carbocycles. The predicted octanol–water partition coefficient (Wildman–Crippen LogP) is 2.78. The standard InChI is InChI=1S/C24H31FN6O/c25-20-3-5-21(6-4-20)28-13-15-31(16-14-28)24(32)19-7-11-29(12-8-19)22-17-26-18-27-23(22)30-9-1-2-10-30/h3-6,17-19H,1-2,7-16H2. The lowest BCUT2D eigenvalue weighted by Gasteiger charge is -2.40. The summed E-state index contributed by atoms with van der Waals surface area (Å²) in [4.78, 5) is 31.0. The molecule has 1 aromatic carbocycles. The van der Waals surface area contributed by atoms with E-state index in [9.17, 15) is 9.18 Å². The first-order chi connectivity index (χ1) is 15.7. The van der Waals surface area contributed by atoms with Gasteiger partial charge >= 0.3 is 0 Å². The SMILES string of the molecule is O=C(C1CCN(c2cncnc2N2CCCC2)CC1)N1CCN(c2ccc(F)cc2)CC1. The van der Waals surface area contributed by atoms with Crippen LogP contribution >= 0.6 is 0 Å². The van der Waals surface area contributed by atoms with E-state index < -0.39 is 0 Å². The Morgan fingerprint density at radius 2 is 1.53 bits per heavy atom. The Labute approximate surface area is 188 Å². The molecule has 0 radical (unpaired) electrons. The third-order valence-corrected chi connectivity index (χ3v) is 7.05. The van der Waals surface area contributed by atoms with Crippen LogP contribution in [0, 0.1) is 11.7 Å². The van der Waals surface area contributed by atoms with Gasteiger partial charge in [0.1, 0.15) is 12.1 Å². The van der Waals surface area contributed by atoms with Gasteiger partial charge in [-0.15, -0.1) is 0 Å². The number of benzene rings is 1. The zero-order valence-electron chi connectivity index (χ0n) is 18.5. The second-order valence-electron chi connectivity index (χ2n) is 8.98. The average molecular weight is 439 g/mol. The molecule has 4 heterocycles. The van der Waals surface area contributed by atoms with Crippen molar-refractivity contribution in [2.75, 3.05) is 67.1 Å². The zero-order chi connectivity index (χ0) is 21.9. The Hall–Kier alpha value is -2.90. The number of carbonyl (C=O) groups excluding carboxylic acids is 1. The summed E-state index contributed by atoms with van der Waals surface area (Å²) in [6, 6.07) is 6.61. The van der Waals surface area contributed by atoms with E-state index in [1.807, 2.05) is 23.2 Å². The Bertz CT molecular complexity index is 916. The molecule has 2 aromatic rings. The minimum Gasteiger partial charge on any atom is -0.368 e. The van der Waals surface area contributed by atoms with Gasteiger partial charge in [0.15, 0.2) is 5.82 Å². The van der Waals surface area contributed by atoms with Gasteiger partial charge < -0.3 is 19.6 Å². The van der Waals surface area contributed by atoms with E-state index in [0.717, 1.165) is 82.4 Å². The second-order valence-corrected chi connectivity index (χ2v) is 8.98. The van der Waals surface area contributed by atoms with E-state index in [4.69, 9.17) is 0 Å². The fraction of sp³-hybridized carbons (Fsp3) is 0.542. The van der Waals surface area contributed by atoms with Crippen LogP contribution in [0.5, 0.6) is 0 Å². The maximum atomic E-state index is 13.2. The molecule has 3 fully saturated rings. The molecule has 5 rings (SSSR count). The van der Waals surface area contributed by atoms with Gasteiger partial charge in [-0.1, -0.05) is 0 Å². The summed E-state index contributed by atoms with van der Waals surface area (Å²) >= 11 is 0. The van der Waals surface area contributed by atoms with Crippen LogP contribution in [0.3, 0.4) is 0 Å². The van der Waals surface area contributed by atoms with Crippen LogP contribution in [0.2, 0.25) is 0 Å². The summed E-state index contributed by atoms with van der Waals surface area (Å²) in [5, 5.41) is 0. The molecule has 32 heavy (non-hydrogen) atoms. The van der Waals surface area contributed by atoms with E-state index in [-0.39, 0.29) is 17.6 Å². The van der Waals surface area contributed by atoms with Gasteiger partial charge in [0.2, 0.25) is 5.91 Å². The van der Waals surface area contributed by atoms with E-state index in [1.165, 1.54) is 25.0 Å². The van der Waals surface area contributed by atoms with Crippen molar-refractivity contribution in [1.29, 1.82) is 0 Å². The molecule has 0 atom stereocenters. The first-order valence-electron chi connectivity index (χ1n) is 11.8. The number of nitrogens with zero attached hydrogens (tertiary/aromatic N) is 6. The molecule has 0 spiro atoms. The third kappa shape index (κ3) is 4.36. The first kappa shape index (κ1) is 21.0. The van der Waals surface area contributed by atoms with Gasteiger partial charge in [0, 0.05) is 64.0 Å². The van der Waals surface area contributed by atoms with Crippen molar-refractivity contribution in [1.82, 2.24) is 14.9 Å². The number of rotatable bonds is 4. The number of anilines is 3. The number of piperidine rings is 1. The van der Waals surface area contributed by atoms with E-state index >= 15 is 0 Å². The quantitative estimate of drug-likeness (QED) is 0.732. The maximum absolute atomic E-state index is 13.2. The Kier molecular flexibility index (Phi) is 6.10. The summed E-state index contributed by atoms with van der Waals surface area (Å²) < 4.78 is 13.2. The minimum atomic E-state index is -0.219. The number of hydrogen-bond acceptors (Lipinski definition) is 6. The van der Waals surface area contributed by atoms with Crippen LogP contribution in [0.15, 0.2) is 36.8 Å². The molecular weight excluding hydrogens is 407 g/mol. The van der Waals surface area contributed by atoms with Crippen molar-refractivity contribution in [2.24, 2.45) is 5.92 Å². The van der Waals surface area contributed by atoms with Gasteiger partial charge in [-0.2, -0.15) is 0 Å². The minimum absolute atomic E-state index is 0.0866. The molecule has 8 heteroatoms. The molecule has 3 saturated heterocycles. The largest absolute Gasteiger partial charge is 0.368 e. The molecule has 0 aliphatic carbocycles. The molecule has 7 nitrogen and oxygen atoms in total. The summed E-state index contributed by atoms with van der Waals surface area (Å²) in [6.45, 7) is 6.86. The topological polar surface area (TPSA) is 55.8 Å². The lowest BCUT2D eigenvalue weighted by atomic mass is 9.94. The Morgan fingerprint density at radius 3 is 2.22 bits per heavy atom. The van der Waals surface area contributed by atoms with E-state index in [0.29, 0.717) is 0 Å². The van der Waals surface area contributed by atoms with Crippen LogP contribution in [0.25, 0.3) is 0 Å². The number of aromatic nitrogens is 2. The van der Waals surface area contributed by atoms with Gasteiger partial charge in [-0.05, 0) is 49.9 Å². The predicted molar refractivity (Wildman–Crippen MR) is 124 cm³/mol. The van der Waals surface area contributed by atoms with Gasteiger partial charge in [-0.3, -0.25) is 4.79 Å². The molecule has 0 unspecified atom stereocenters. The van der Waals surface area contributed by atoms with Crippen LogP contribution in [-0.4, -0.2) is 73.1 Å². The molecule has 3 aliphatic rings. The molecule has 3 aliphatic heterocycles. The smallest absolute Gasteiger partial charge is 0.225 e. The van der Waals surface area contributed by atoms with E-state index in [2.05, 4.69) is 24.7 Å². The average Bonchev–Trinajstić information content (AvgIpc) is 3.39. The number of piperazine rings is 1. The molecule has 0 N–H and O–H groups in total. The Balaban J connectivity index is 1.15. The number of amides is 1. The highest BCUT2D eigenvalue weighted by atomic mass is 19.1. The summed E-state index contributed by atoms with van der Waals surface area (Å²) in [5.74, 6) is 1.19. The third-order valence-electron chi connectivity index (χ3n) is 7.05. The van der Waals surface area contributed by atoms with Crippen molar-refractivity contribution < 1.29 is 9.18 Å². The fourth-order valence-electron chi connectivity index (χ4n) is 5.17. The van der Waals surface area contributed by atoms with Gasteiger partial charge in [0.05, 0.1) is 11.9 Å². The van der Waals surface area contributed by atoms with E-state index in [1.54, 1.807) is 6.33 Å². The van der Waals surface area contributed by atoms with Gasteiger partial charge in [0.25, 0.3) is 0 Å². The normalized spacial score (nSPS) is 20.2. The highest BCUT2D eigenvalue weighted by Crippen LogP contribution is 2.32. The van der Waals surface area contributed by atoms with Crippen LogP contribution in [-0.2, 0) is 4.79 Å². The van der Waals surface area contributed by atoms with Crippen molar-refractivity contribution in [2.45, 2.75) is 25.7 Å². The maximum Gasteiger partial charge on any atom is 0.225 e.